The summed E-state index contributed by atoms with van der Waals surface area (Å²) in [6.07, 6.45) is 4.25. The largest absolute Gasteiger partial charge is 0.373 e. The molecule has 1 saturated carbocycles. The number of pyridine rings is 1. The van der Waals surface area contributed by atoms with Crippen molar-refractivity contribution in [1.29, 1.82) is 0 Å². The van der Waals surface area contributed by atoms with Crippen molar-refractivity contribution >= 4 is 5.69 Å². The quantitative estimate of drug-likeness (QED) is 0.850. The van der Waals surface area contributed by atoms with Crippen molar-refractivity contribution in [3.05, 3.63) is 24.0 Å². The summed E-state index contributed by atoms with van der Waals surface area (Å²) in [7, 11) is 2.14. The molecule has 0 saturated heterocycles. The van der Waals surface area contributed by atoms with Crippen LogP contribution in [-0.2, 0) is 0 Å². The van der Waals surface area contributed by atoms with Gasteiger partial charge in [-0.1, -0.05) is 13.8 Å². The van der Waals surface area contributed by atoms with Gasteiger partial charge in [0, 0.05) is 19.6 Å². The zero-order valence-corrected chi connectivity index (χ0v) is 11.1. The van der Waals surface area contributed by atoms with Crippen molar-refractivity contribution in [3.8, 4) is 0 Å². The van der Waals surface area contributed by atoms with Gasteiger partial charge >= 0.3 is 0 Å². The predicted molar refractivity (Wildman–Crippen MR) is 72.0 cm³/mol. The Hall–Kier alpha value is -1.09. The third kappa shape index (κ3) is 2.97. The van der Waals surface area contributed by atoms with Crippen molar-refractivity contribution < 1.29 is 0 Å². The van der Waals surface area contributed by atoms with Gasteiger partial charge in [0.15, 0.2) is 0 Å². The zero-order valence-electron chi connectivity index (χ0n) is 11.1. The van der Waals surface area contributed by atoms with E-state index in [-0.39, 0.29) is 6.04 Å². The predicted octanol–water partition coefficient (Wildman–Crippen LogP) is 2.58. The third-order valence-corrected chi connectivity index (χ3v) is 3.82. The molecule has 1 aromatic rings. The van der Waals surface area contributed by atoms with E-state index >= 15 is 0 Å². The molecular formula is C14H23N3. The van der Waals surface area contributed by atoms with Crippen LogP contribution in [0.25, 0.3) is 0 Å². The topological polar surface area (TPSA) is 42.1 Å². The molecular weight excluding hydrogens is 210 g/mol. The second-order valence-corrected chi connectivity index (χ2v) is 5.31. The molecule has 3 atom stereocenters. The number of hydrogen-bond donors (Lipinski definition) is 1. The lowest BCUT2D eigenvalue weighted by Gasteiger charge is -2.19. The molecule has 0 spiro atoms. The lowest BCUT2D eigenvalue weighted by molar-refractivity contribution is 0.674. The smallest absolute Gasteiger partial charge is 0.0572 e. The van der Waals surface area contributed by atoms with E-state index in [1.807, 2.05) is 6.20 Å². The molecule has 94 valence electrons. The molecule has 0 amide bonds. The standard InChI is InChI=1S/C14H23N3/c1-4-13(15)14-6-5-12(8-16-14)17(3)9-11-7-10(11)2/h5-6,8,10-11,13H,4,7,9,15H2,1-3H3/t10?,11?,13-/m1/s1. The summed E-state index contributed by atoms with van der Waals surface area (Å²) in [4.78, 5) is 6.74. The first-order valence-corrected chi connectivity index (χ1v) is 6.54. The van der Waals surface area contributed by atoms with Gasteiger partial charge in [-0.05, 0) is 36.8 Å². The van der Waals surface area contributed by atoms with E-state index in [1.165, 1.54) is 12.1 Å². The van der Waals surface area contributed by atoms with Gasteiger partial charge in [-0.3, -0.25) is 4.98 Å². The molecule has 1 fully saturated rings. The van der Waals surface area contributed by atoms with Crippen LogP contribution in [0.5, 0.6) is 0 Å². The first kappa shape index (κ1) is 12.4. The van der Waals surface area contributed by atoms with Crippen molar-refractivity contribution in [1.82, 2.24) is 4.98 Å². The van der Waals surface area contributed by atoms with Crippen LogP contribution < -0.4 is 10.6 Å². The van der Waals surface area contributed by atoms with Crippen LogP contribution in [0.4, 0.5) is 5.69 Å². The van der Waals surface area contributed by atoms with Gasteiger partial charge in [-0.15, -0.1) is 0 Å². The van der Waals surface area contributed by atoms with Crippen molar-refractivity contribution in [2.75, 3.05) is 18.5 Å². The van der Waals surface area contributed by atoms with E-state index in [1.54, 1.807) is 0 Å². The van der Waals surface area contributed by atoms with Crippen LogP contribution in [0.3, 0.4) is 0 Å². The number of nitrogens with zero attached hydrogens (tertiary/aromatic N) is 2. The zero-order chi connectivity index (χ0) is 12.4. The summed E-state index contributed by atoms with van der Waals surface area (Å²) in [5.74, 6) is 1.77. The number of anilines is 1. The molecule has 2 N–H and O–H groups in total. The fourth-order valence-corrected chi connectivity index (χ4v) is 2.16. The first-order valence-electron chi connectivity index (χ1n) is 6.54. The van der Waals surface area contributed by atoms with Crippen LogP contribution >= 0.6 is 0 Å². The minimum absolute atomic E-state index is 0.0674. The summed E-state index contributed by atoms with van der Waals surface area (Å²) < 4.78 is 0. The highest BCUT2D eigenvalue weighted by molar-refractivity contribution is 5.44. The number of rotatable bonds is 5. The Labute approximate surface area is 104 Å². The average Bonchev–Trinajstić information content (AvgIpc) is 3.04. The average molecular weight is 233 g/mol. The van der Waals surface area contributed by atoms with Crippen LogP contribution in [0.1, 0.15) is 38.4 Å². The highest BCUT2D eigenvalue weighted by atomic mass is 15.1. The fourth-order valence-electron chi connectivity index (χ4n) is 2.16. The molecule has 2 rings (SSSR count). The lowest BCUT2D eigenvalue weighted by Crippen LogP contribution is -2.21. The second kappa shape index (κ2) is 5.05. The molecule has 1 aliphatic carbocycles. The van der Waals surface area contributed by atoms with E-state index < -0.39 is 0 Å². The van der Waals surface area contributed by atoms with Gasteiger partial charge < -0.3 is 10.6 Å². The van der Waals surface area contributed by atoms with E-state index in [2.05, 4.69) is 42.9 Å². The Morgan fingerprint density at radius 1 is 1.53 bits per heavy atom. The van der Waals surface area contributed by atoms with E-state index in [9.17, 15) is 0 Å². The summed E-state index contributed by atoms with van der Waals surface area (Å²) >= 11 is 0. The monoisotopic (exact) mass is 233 g/mol. The van der Waals surface area contributed by atoms with Crippen LogP contribution in [0, 0.1) is 11.8 Å². The molecule has 1 aliphatic rings. The number of hydrogen-bond acceptors (Lipinski definition) is 3. The molecule has 1 aromatic heterocycles. The van der Waals surface area contributed by atoms with Crippen molar-refractivity contribution in [2.45, 2.75) is 32.7 Å². The molecule has 2 unspecified atom stereocenters. The highest BCUT2D eigenvalue weighted by Gasteiger charge is 2.33. The van der Waals surface area contributed by atoms with Gasteiger partial charge in [0.1, 0.15) is 0 Å². The van der Waals surface area contributed by atoms with Gasteiger partial charge in [-0.2, -0.15) is 0 Å². The Kier molecular flexibility index (Phi) is 3.67. The van der Waals surface area contributed by atoms with Gasteiger partial charge in [-0.25, -0.2) is 0 Å². The molecule has 1 heterocycles. The first-order chi connectivity index (χ1) is 8.11. The molecule has 0 aromatic carbocycles. The second-order valence-electron chi connectivity index (χ2n) is 5.31. The highest BCUT2D eigenvalue weighted by Crippen LogP contribution is 2.38. The van der Waals surface area contributed by atoms with Gasteiger partial charge in [0.25, 0.3) is 0 Å². The number of nitrogens with two attached hydrogens (primary N) is 1. The van der Waals surface area contributed by atoms with E-state index in [4.69, 9.17) is 5.73 Å². The Balaban J connectivity index is 1.96. The minimum atomic E-state index is 0.0674. The maximum atomic E-state index is 5.95. The van der Waals surface area contributed by atoms with E-state index in [0.717, 1.165) is 30.5 Å². The summed E-state index contributed by atoms with van der Waals surface area (Å²) in [5, 5.41) is 0. The fraction of sp³-hybridized carbons (Fsp3) is 0.643. The van der Waals surface area contributed by atoms with Gasteiger partial charge in [0.2, 0.25) is 0 Å². The Morgan fingerprint density at radius 2 is 2.24 bits per heavy atom. The Morgan fingerprint density at radius 3 is 2.71 bits per heavy atom. The molecule has 0 aliphatic heterocycles. The molecule has 0 bridgehead atoms. The normalized spacial score (nSPS) is 24.5. The Bertz CT molecular complexity index is 360. The SMILES string of the molecule is CC[C@@H](N)c1ccc(N(C)CC2CC2C)cn1. The summed E-state index contributed by atoms with van der Waals surface area (Å²) in [6.45, 7) is 5.54. The number of aromatic nitrogens is 1. The molecule has 3 nitrogen and oxygen atoms in total. The van der Waals surface area contributed by atoms with Gasteiger partial charge in [0.05, 0.1) is 17.6 Å². The van der Waals surface area contributed by atoms with Crippen LogP contribution in [0.15, 0.2) is 18.3 Å². The third-order valence-electron chi connectivity index (χ3n) is 3.82. The summed E-state index contributed by atoms with van der Waals surface area (Å²) in [6, 6.07) is 4.25. The molecule has 0 radical (unpaired) electrons. The van der Waals surface area contributed by atoms with Crippen molar-refractivity contribution in [2.24, 2.45) is 17.6 Å². The lowest BCUT2D eigenvalue weighted by atomic mass is 10.1. The maximum Gasteiger partial charge on any atom is 0.0572 e. The summed E-state index contributed by atoms with van der Waals surface area (Å²) in [5.41, 5.74) is 8.13. The van der Waals surface area contributed by atoms with Crippen LogP contribution in [-0.4, -0.2) is 18.6 Å². The van der Waals surface area contributed by atoms with Crippen LogP contribution in [0.2, 0.25) is 0 Å². The van der Waals surface area contributed by atoms with E-state index in [0.29, 0.717) is 0 Å². The minimum Gasteiger partial charge on any atom is -0.373 e. The molecule has 3 heteroatoms. The maximum absolute atomic E-state index is 5.95. The molecule has 17 heavy (non-hydrogen) atoms. The van der Waals surface area contributed by atoms with Crippen molar-refractivity contribution in [3.63, 3.8) is 0 Å².